The van der Waals surface area contributed by atoms with E-state index in [0.717, 1.165) is 16.7 Å². The van der Waals surface area contributed by atoms with E-state index in [4.69, 9.17) is 0 Å². The van der Waals surface area contributed by atoms with Crippen molar-refractivity contribution >= 4 is 22.5 Å². The van der Waals surface area contributed by atoms with Crippen molar-refractivity contribution in [3.05, 3.63) is 41.6 Å². The first-order valence-corrected chi connectivity index (χ1v) is 12.0. The van der Waals surface area contributed by atoms with E-state index in [1.165, 1.54) is 17.2 Å². The maximum absolute atomic E-state index is 13.4. The van der Waals surface area contributed by atoms with E-state index in [-0.39, 0.29) is 48.4 Å². The van der Waals surface area contributed by atoms with Crippen LogP contribution >= 0.6 is 0 Å². The number of anilines is 1. The lowest BCUT2D eigenvalue weighted by atomic mass is 9.85. The number of rotatable bonds is 3. The summed E-state index contributed by atoms with van der Waals surface area (Å²) in [6.07, 6.45) is -7.81. The number of hydrogen-bond acceptors (Lipinski definition) is 7. The maximum atomic E-state index is 13.4. The standard InChI is InChI=1S/C24H21F6N7O2/c1-13-11-35(20-14(9-31)10-32-18-8-15(2-3-17(18)20)39-24(28,29)30)5-4-16(13)21(38)36-6-7-37-19(12-36)33-34-22(37)23(25,26)27/h2-3,8,10,13,16H,4-7,11-12H2,1H3/t13-,16+/m1/s1. The fraction of sp³-hybridized carbons (Fsp3) is 0.458. The van der Waals surface area contributed by atoms with Gasteiger partial charge in [-0.25, -0.2) is 0 Å². The largest absolute Gasteiger partial charge is 0.573 e. The number of alkyl halides is 6. The average Bonchev–Trinajstić information content (AvgIpc) is 3.30. The highest BCUT2D eigenvalue weighted by Gasteiger charge is 2.41. The number of pyridine rings is 1. The molecule has 206 valence electrons. The van der Waals surface area contributed by atoms with Crippen LogP contribution in [0.5, 0.6) is 5.75 Å². The van der Waals surface area contributed by atoms with Gasteiger partial charge in [0.25, 0.3) is 0 Å². The molecule has 0 aliphatic carbocycles. The summed E-state index contributed by atoms with van der Waals surface area (Å²) >= 11 is 0. The number of aromatic nitrogens is 4. The number of nitrogens with zero attached hydrogens (tertiary/aromatic N) is 7. The summed E-state index contributed by atoms with van der Waals surface area (Å²) in [5.74, 6) is -2.25. The predicted octanol–water partition coefficient (Wildman–Crippen LogP) is 4.12. The second-order valence-electron chi connectivity index (χ2n) is 9.53. The van der Waals surface area contributed by atoms with Crippen molar-refractivity contribution in [2.45, 2.75) is 39.0 Å². The van der Waals surface area contributed by atoms with Crippen LogP contribution in [0.2, 0.25) is 0 Å². The van der Waals surface area contributed by atoms with E-state index in [1.807, 2.05) is 11.8 Å². The van der Waals surface area contributed by atoms with Gasteiger partial charge in [0, 0.05) is 49.7 Å². The highest BCUT2D eigenvalue weighted by Crippen LogP contribution is 2.37. The number of piperidine rings is 1. The fourth-order valence-corrected chi connectivity index (χ4v) is 5.28. The molecule has 1 aromatic carbocycles. The van der Waals surface area contributed by atoms with Crippen LogP contribution in [0.3, 0.4) is 0 Å². The second-order valence-corrected chi connectivity index (χ2v) is 9.53. The number of halogens is 6. The van der Waals surface area contributed by atoms with Crippen molar-refractivity contribution < 1.29 is 35.9 Å². The van der Waals surface area contributed by atoms with Gasteiger partial charge >= 0.3 is 12.5 Å². The summed E-state index contributed by atoms with van der Waals surface area (Å²) in [4.78, 5) is 20.9. The molecule has 0 saturated carbocycles. The minimum absolute atomic E-state index is 0.0648. The SMILES string of the molecule is C[C@@H]1CN(c2c(C#N)cnc3cc(OC(F)(F)F)ccc23)CC[C@@H]1C(=O)N1CCn2c(nnc2C(F)(F)F)C1. The zero-order valence-electron chi connectivity index (χ0n) is 20.4. The third kappa shape index (κ3) is 5.15. The Morgan fingerprint density at radius 2 is 1.90 bits per heavy atom. The third-order valence-electron chi connectivity index (χ3n) is 7.02. The predicted molar refractivity (Wildman–Crippen MR) is 123 cm³/mol. The first-order valence-electron chi connectivity index (χ1n) is 12.0. The molecular weight excluding hydrogens is 532 g/mol. The Morgan fingerprint density at radius 1 is 1.13 bits per heavy atom. The zero-order chi connectivity index (χ0) is 28.1. The highest BCUT2D eigenvalue weighted by molar-refractivity contribution is 5.95. The number of carbonyl (C=O) groups is 1. The van der Waals surface area contributed by atoms with Crippen LogP contribution in [0.4, 0.5) is 32.0 Å². The van der Waals surface area contributed by atoms with Crippen molar-refractivity contribution in [1.82, 2.24) is 24.6 Å². The number of ether oxygens (including phenoxy) is 1. The Morgan fingerprint density at radius 3 is 2.56 bits per heavy atom. The van der Waals surface area contributed by atoms with E-state index in [1.54, 1.807) is 0 Å². The van der Waals surface area contributed by atoms with Crippen molar-refractivity contribution in [1.29, 1.82) is 5.26 Å². The summed E-state index contributed by atoms with van der Waals surface area (Å²) in [5, 5.41) is 17.0. The number of benzene rings is 1. The lowest BCUT2D eigenvalue weighted by molar-refractivity contribution is -0.274. The van der Waals surface area contributed by atoms with Gasteiger partial charge in [0.05, 0.1) is 23.3 Å². The van der Waals surface area contributed by atoms with E-state index in [9.17, 15) is 36.4 Å². The molecule has 0 radical (unpaired) electrons. The molecule has 2 aromatic heterocycles. The van der Waals surface area contributed by atoms with Crippen molar-refractivity contribution in [3.63, 3.8) is 0 Å². The molecule has 0 unspecified atom stereocenters. The number of nitriles is 1. The molecular formula is C24H21F6N7O2. The lowest BCUT2D eigenvalue weighted by Gasteiger charge is -2.40. The van der Waals surface area contributed by atoms with Gasteiger partial charge < -0.3 is 19.1 Å². The smallest absolute Gasteiger partial charge is 0.406 e. The van der Waals surface area contributed by atoms with E-state index < -0.39 is 30.0 Å². The summed E-state index contributed by atoms with van der Waals surface area (Å²) in [5.41, 5.74) is 0.955. The molecule has 15 heteroatoms. The maximum Gasteiger partial charge on any atom is 0.573 e. The molecule has 2 aliphatic heterocycles. The Kier molecular flexibility index (Phi) is 6.51. The van der Waals surface area contributed by atoms with Crippen LogP contribution in [0, 0.1) is 23.2 Å². The Bertz CT molecular complexity index is 1460. The van der Waals surface area contributed by atoms with Gasteiger partial charge in [-0.3, -0.25) is 9.78 Å². The van der Waals surface area contributed by atoms with Crippen molar-refractivity contribution in [3.8, 4) is 11.8 Å². The minimum atomic E-state index is -4.86. The Labute approximate surface area is 217 Å². The molecule has 1 fully saturated rings. The first-order chi connectivity index (χ1) is 18.4. The normalized spacial score (nSPS) is 20.1. The number of carbonyl (C=O) groups excluding carboxylic acids is 1. The lowest BCUT2D eigenvalue weighted by Crippen LogP contribution is -2.49. The van der Waals surface area contributed by atoms with Crippen LogP contribution in [-0.2, 0) is 24.1 Å². The van der Waals surface area contributed by atoms with Crippen molar-refractivity contribution in [2.24, 2.45) is 11.8 Å². The number of fused-ring (bicyclic) bond motifs is 2. The first kappa shape index (κ1) is 26.5. The van der Waals surface area contributed by atoms with Crippen LogP contribution in [0.25, 0.3) is 10.9 Å². The van der Waals surface area contributed by atoms with Crippen LogP contribution in [0.15, 0.2) is 24.4 Å². The molecule has 0 N–H and O–H groups in total. The van der Waals surface area contributed by atoms with Gasteiger partial charge in [-0.15, -0.1) is 23.4 Å². The Balaban J connectivity index is 1.33. The monoisotopic (exact) mass is 553 g/mol. The quantitative estimate of drug-likeness (QED) is 0.450. The third-order valence-corrected chi connectivity index (χ3v) is 7.02. The average molecular weight is 553 g/mol. The molecule has 2 atom stereocenters. The number of hydrogen-bond donors (Lipinski definition) is 0. The second kappa shape index (κ2) is 9.58. The van der Waals surface area contributed by atoms with E-state index >= 15 is 0 Å². The van der Waals surface area contributed by atoms with Crippen LogP contribution in [-0.4, -0.2) is 56.6 Å². The van der Waals surface area contributed by atoms with Gasteiger partial charge in [0.1, 0.15) is 11.8 Å². The topological polar surface area (TPSA) is 100 Å². The fourth-order valence-electron chi connectivity index (χ4n) is 5.28. The summed E-state index contributed by atoms with van der Waals surface area (Å²) in [6.45, 7) is 2.56. The molecule has 0 bridgehead atoms. The summed E-state index contributed by atoms with van der Waals surface area (Å²) in [7, 11) is 0. The van der Waals surface area contributed by atoms with Gasteiger partial charge in [0.15, 0.2) is 5.82 Å². The zero-order valence-corrected chi connectivity index (χ0v) is 20.4. The molecule has 2 aliphatic rings. The molecule has 9 nitrogen and oxygen atoms in total. The summed E-state index contributed by atoms with van der Waals surface area (Å²) in [6, 6.07) is 5.79. The molecule has 1 saturated heterocycles. The van der Waals surface area contributed by atoms with Crippen LogP contribution < -0.4 is 9.64 Å². The van der Waals surface area contributed by atoms with Gasteiger partial charge in [0.2, 0.25) is 11.7 Å². The Hall–Kier alpha value is -4.09. The molecule has 5 rings (SSSR count). The summed E-state index contributed by atoms with van der Waals surface area (Å²) < 4.78 is 82.3. The minimum Gasteiger partial charge on any atom is -0.406 e. The molecule has 0 spiro atoms. The van der Waals surface area contributed by atoms with Gasteiger partial charge in [-0.2, -0.15) is 18.4 Å². The van der Waals surface area contributed by atoms with E-state index in [0.29, 0.717) is 30.6 Å². The molecule has 1 amide bonds. The molecule has 4 heterocycles. The molecule has 3 aromatic rings. The van der Waals surface area contributed by atoms with Crippen LogP contribution in [0.1, 0.15) is 30.6 Å². The molecule has 39 heavy (non-hydrogen) atoms. The van der Waals surface area contributed by atoms with Gasteiger partial charge in [-0.1, -0.05) is 6.92 Å². The number of amides is 1. The van der Waals surface area contributed by atoms with Crippen molar-refractivity contribution in [2.75, 3.05) is 24.5 Å². The van der Waals surface area contributed by atoms with E-state index in [2.05, 4.69) is 26.0 Å². The van der Waals surface area contributed by atoms with Gasteiger partial charge in [-0.05, 0) is 24.5 Å². The highest BCUT2D eigenvalue weighted by atomic mass is 19.4.